The Balaban J connectivity index is 1.62. The molecule has 1 heterocycles. The molecule has 40 heavy (non-hydrogen) atoms. The third-order valence-corrected chi connectivity index (χ3v) is 8.12. The first-order valence-corrected chi connectivity index (χ1v) is 12.9. The minimum atomic E-state index is -2.16. The van der Waals surface area contributed by atoms with E-state index < -0.39 is 89.1 Å². The number of carbonyl (C=O) groups is 3. The Hall–Kier alpha value is -3.39. The lowest BCUT2D eigenvalue weighted by atomic mass is 9.69. The predicted molar refractivity (Wildman–Crippen MR) is 137 cm³/mol. The number of ether oxygens (including phenoxy) is 3. The third-order valence-electron chi connectivity index (χ3n) is 8.12. The number of fused-ring (bicyclic) bond motifs is 3. The van der Waals surface area contributed by atoms with Gasteiger partial charge in [-0.2, -0.15) is 0 Å². The van der Waals surface area contributed by atoms with Crippen LogP contribution in [0.4, 0.5) is 0 Å². The minimum absolute atomic E-state index is 0.0272. The van der Waals surface area contributed by atoms with Crippen LogP contribution in [0.15, 0.2) is 18.2 Å². The van der Waals surface area contributed by atoms with Crippen molar-refractivity contribution in [3.05, 3.63) is 51.6 Å². The summed E-state index contributed by atoms with van der Waals surface area (Å²) in [5, 5.41) is 53.7. The molecule has 0 saturated carbocycles. The van der Waals surface area contributed by atoms with Crippen LogP contribution < -0.4 is 10.5 Å². The molecule has 0 aromatic heterocycles. The molecule has 214 valence electrons. The second-order valence-corrected chi connectivity index (χ2v) is 10.6. The van der Waals surface area contributed by atoms with Crippen molar-refractivity contribution in [3.8, 4) is 17.2 Å². The number of hydrogen-bond acceptors (Lipinski definition) is 12. The second kappa shape index (κ2) is 10.2. The number of ketones is 3. The van der Waals surface area contributed by atoms with Gasteiger partial charge in [0, 0.05) is 41.5 Å². The Morgan fingerprint density at radius 1 is 1.15 bits per heavy atom. The van der Waals surface area contributed by atoms with Crippen molar-refractivity contribution >= 4 is 17.3 Å². The molecule has 0 amide bonds. The van der Waals surface area contributed by atoms with Crippen LogP contribution in [-0.4, -0.2) is 93.3 Å². The van der Waals surface area contributed by atoms with Gasteiger partial charge in [0.1, 0.15) is 29.5 Å². The molecule has 5 rings (SSSR count). The number of Topliss-reactive ketones (excluding diaryl/α,β-unsaturated/α-hetero) is 1. The van der Waals surface area contributed by atoms with Gasteiger partial charge in [0.2, 0.25) is 5.78 Å². The molecular formula is C28H31NO11. The number of nitrogens with two attached hydrogens (primary N) is 1. The van der Waals surface area contributed by atoms with E-state index in [0.29, 0.717) is 0 Å². The highest BCUT2D eigenvalue weighted by molar-refractivity contribution is 6.31. The highest BCUT2D eigenvalue weighted by atomic mass is 16.7. The van der Waals surface area contributed by atoms with Crippen molar-refractivity contribution in [1.29, 1.82) is 0 Å². The molecule has 2 aliphatic carbocycles. The highest BCUT2D eigenvalue weighted by Crippen LogP contribution is 2.51. The van der Waals surface area contributed by atoms with E-state index in [1.807, 2.05) is 0 Å². The fourth-order valence-corrected chi connectivity index (χ4v) is 6.03. The molecule has 6 atom stereocenters. The predicted octanol–water partition coefficient (Wildman–Crippen LogP) is 0.0438. The Morgan fingerprint density at radius 3 is 2.50 bits per heavy atom. The fraction of sp³-hybridized carbons (Fsp3) is 0.464. The fourth-order valence-electron chi connectivity index (χ4n) is 6.03. The zero-order chi connectivity index (χ0) is 29.1. The van der Waals surface area contributed by atoms with E-state index in [2.05, 4.69) is 0 Å². The molecule has 7 N–H and O–H groups in total. The number of rotatable bonds is 6. The SMILES string of the molecule is COc1cccc2c1C(=O)c1c(O)c3c(c(O)c1C2=O)CC(O)(C(=O)CO)CC3COC1C[C@H](N)[C@H](O)[C@H](C)O1. The Morgan fingerprint density at radius 2 is 1.85 bits per heavy atom. The molecule has 1 aliphatic heterocycles. The van der Waals surface area contributed by atoms with E-state index >= 15 is 0 Å². The largest absolute Gasteiger partial charge is 0.507 e. The van der Waals surface area contributed by atoms with Crippen molar-refractivity contribution in [2.24, 2.45) is 5.73 Å². The molecule has 0 radical (unpaired) electrons. The lowest BCUT2D eigenvalue weighted by Gasteiger charge is -2.40. The number of aliphatic hydroxyl groups is 3. The van der Waals surface area contributed by atoms with E-state index in [-0.39, 0.29) is 47.5 Å². The molecule has 1 saturated heterocycles. The zero-order valence-corrected chi connectivity index (χ0v) is 21.9. The first kappa shape index (κ1) is 28.1. The van der Waals surface area contributed by atoms with Crippen molar-refractivity contribution in [3.63, 3.8) is 0 Å². The van der Waals surface area contributed by atoms with Crippen LogP contribution in [0.5, 0.6) is 17.2 Å². The number of benzene rings is 2. The van der Waals surface area contributed by atoms with Gasteiger partial charge in [0.05, 0.1) is 42.6 Å². The van der Waals surface area contributed by atoms with E-state index in [9.17, 15) is 39.9 Å². The number of aromatic hydroxyl groups is 2. The van der Waals surface area contributed by atoms with Gasteiger partial charge in [0.15, 0.2) is 17.9 Å². The smallest absolute Gasteiger partial charge is 0.202 e. The summed E-state index contributed by atoms with van der Waals surface area (Å²) in [6, 6.07) is 3.76. The van der Waals surface area contributed by atoms with Crippen LogP contribution in [0, 0.1) is 0 Å². The number of phenols is 2. The molecule has 0 spiro atoms. The summed E-state index contributed by atoms with van der Waals surface area (Å²) in [6.45, 7) is 0.374. The maximum absolute atomic E-state index is 13.7. The summed E-state index contributed by atoms with van der Waals surface area (Å²) in [7, 11) is 1.33. The lowest BCUT2D eigenvalue weighted by molar-refractivity contribution is -0.225. The van der Waals surface area contributed by atoms with E-state index in [4.69, 9.17) is 19.9 Å². The topological polar surface area (TPSA) is 206 Å². The van der Waals surface area contributed by atoms with E-state index in [0.717, 1.165) is 0 Å². The van der Waals surface area contributed by atoms with Gasteiger partial charge in [-0.3, -0.25) is 14.4 Å². The molecule has 3 aliphatic rings. The summed E-state index contributed by atoms with van der Waals surface area (Å²) in [6.07, 6.45) is -3.12. The van der Waals surface area contributed by atoms with Gasteiger partial charge in [0.25, 0.3) is 0 Å². The van der Waals surface area contributed by atoms with Crippen molar-refractivity contribution in [1.82, 2.24) is 0 Å². The summed E-state index contributed by atoms with van der Waals surface area (Å²) < 4.78 is 16.8. The van der Waals surface area contributed by atoms with Gasteiger partial charge in [-0.1, -0.05) is 12.1 Å². The van der Waals surface area contributed by atoms with Crippen LogP contribution in [0.25, 0.3) is 0 Å². The molecule has 0 bridgehead atoms. The summed E-state index contributed by atoms with van der Waals surface area (Å²) >= 11 is 0. The Kier molecular flexibility index (Phi) is 7.19. The van der Waals surface area contributed by atoms with Crippen LogP contribution in [0.2, 0.25) is 0 Å². The third kappa shape index (κ3) is 4.28. The van der Waals surface area contributed by atoms with Gasteiger partial charge < -0.3 is 45.5 Å². The van der Waals surface area contributed by atoms with E-state index in [1.165, 1.54) is 25.3 Å². The first-order chi connectivity index (χ1) is 18.9. The first-order valence-electron chi connectivity index (χ1n) is 12.9. The second-order valence-electron chi connectivity index (χ2n) is 10.6. The van der Waals surface area contributed by atoms with Crippen LogP contribution >= 0.6 is 0 Å². The van der Waals surface area contributed by atoms with E-state index in [1.54, 1.807) is 6.92 Å². The highest BCUT2D eigenvalue weighted by Gasteiger charge is 2.49. The zero-order valence-electron chi connectivity index (χ0n) is 21.9. The number of aliphatic hydroxyl groups excluding tert-OH is 2. The molecule has 3 unspecified atom stereocenters. The molecule has 2 aromatic carbocycles. The van der Waals surface area contributed by atoms with Gasteiger partial charge in [-0.25, -0.2) is 0 Å². The van der Waals surface area contributed by atoms with Crippen molar-refractivity contribution < 1.29 is 54.1 Å². The Labute approximate surface area is 228 Å². The molecule has 2 aromatic rings. The average molecular weight is 558 g/mol. The minimum Gasteiger partial charge on any atom is -0.507 e. The number of carbonyl (C=O) groups excluding carboxylic acids is 3. The number of methoxy groups -OCH3 is 1. The summed E-state index contributed by atoms with van der Waals surface area (Å²) in [4.78, 5) is 39.8. The number of hydrogen-bond donors (Lipinski definition) is 6. The standard InChI is InChI=1S/C28H31NO11/c1-11-23(32)15(29)6-18(40-11)39-10-12-7-28(37,17(31)9-30)8-14-19(12)26(35)22-21(25(14)34)24(33)13-4-3-5-16(38-2)20(13)27(22)36/h3-5,11-12,15,18,23,30,32,34-35,37H,6-10,29H2,1-2H3/t11-,12?,15-,18?,23+,28?/m0/s1. The molecule has 1 fully saturated rings. The molecule has 12 heteroatoms. The van der Waals surface area contributed by atoms with Crippen molar-refractivity contribution in [2.75, 3.05) is 20.3 Å². The molecular weight excluding hydrogens is 526 g/mol. The van der Waals surface area contributed by atoms with Gasteiger partial charge in [-0.15, -0.1) is 0 Å². The average Bonchev–Trinajstić information content (AvgIpc) is 2.93. The maximum Gasteiger partial charge on any atom is 0.202 e. The van der Waals surface area contributed by atoms with Gasteiger partial charge >= 0.3 is 0 Å². The van der Waals surface area contributed by atoms with Crippen LogP contribution in [0.1, 0.15) is 68.7 Å². The summed E-state index contributed by atoms with van der Waals surface area (Å²) in [5.41, 5.74) is 2.76. The maximum atomic E-state index is 13.7. The van der Waals surface area contributed by atoms with Crippen LogP contribution in [0.3, 0.4) is 0 Å². The van der Waals surface area contributed by atoms with Crippen LogP contribution in [-0.2, 0) is 20.7 Å². The number of phenolic OH excluding ortho intramolecular Hbond substituents is 2. The lowest BCUT2D eigenvalue weighted by Crippen LogP contribution is -2.52. The van der Waals surface area contributed by atoms with Crippen molar-refractivity contribution in [2.45, 2.75) is 62.2 Å². The van der Waals surface area contributed by atoms with Gasteiger partial charge in [-0.05, 0) is 19.4 Å². The Bertz CT molecular complexity index is 1390. The normalized spacial score (nSPS) is 29.4. The quantitative estimate of drug-likeness (QED) is 0.222. The molecule has 12 nitrogen and oxygen atoms in total. The monoisotopic (exact) mass is 557 g/mol. The summed E-state index contributed by atoms with van der Waals surface area (Å²) in [5.74, 6) is -4.52.